The van der Waals surface area contributed by atoms with Crippen LogP contribution < -0.4 is 15.4 Å². The van der Waals surface area contributed by atoms with Gasteiger partial charge in [-0.3, -0.25) is 4.79 Å². The number of ether oxygens (including phenoxy) is 1. The van der Waals surface area contributed by atoms with Crippen molar-refractivity contribution < 1.29 is 9.53 Å². The second-order valence-electron chi connectivity index (χ2n) is 5.89. The van der Waals surface area contributed by atoms with Crippen LogP contribution in [0.4, 0.5) is 5.69 Å². The van der Waals surface area contributed by atoms with Crippen molar-refractivity contribution in [2.45, 2.75) is 57.9 Å². The van der Waals surface area contributed by atoms with E-state index in [1.165, 1.54) is 25.7 Å². The summed E-state index contributed by atoms with van der Waals surface area (Å²) in [6, 6.07) is 8.23. The third-order valence-electron chi connectivity index (χ3n) is 4.07. The Morgan fingerprint density at radius 1 is 1.14 bits per heavy atom. The highest BCUT2D eigenvalue weighted by Crippen LogP contribution is 2.17. The summed E-state index contributed by atoms with van der Waals surface area (Å²) in [4.78, 5) is 12.0. The van der Waals surface area contributed by atoms with Gasteiger partial charge in [0.15, 0.2) is 0 Å². The fourth-order valence-corrected chi connectivity index (χ4v) is 2.88. The predicted molar refractivity (Wildman–Crippen MR) is 90.4 cm³/mol. The molecule has 0 unspecified atom stereocenters. The van der Waals surface area contributed by atoms with Crippen LogP contribution in [0.5, 0.6) is 5.75 Å². The summed E-state index contributed by atoms with van der Waals surface area (Å²) >= 11 is 0. The van der Waals surface area contributed by atoms with Crippen molar-refractivity contribution in [2.75, 3.05) is 18.5 Å². The van der Waals surface area contributed by atoms with Gasteiger partial charge in [-0.05, 0) is 44.0 Å². The summed E-state index contributed by atoms with van der Waals surface area (Å²) < 4.78 is 5.41. The maximum Gasteiger partial charge on any atom is 0.221 e. The zero-order valence-corrected chi connectivity index (χ0v) is 13.6. The minimum Gasteiger partial charge on any atom is -0.494 e. The molecule has 2 N–H and O–H groups in total. The molecule has 0 saturated heterocycles. The van der Waals surface area contributed by atoms with Crippen LogP contribution >= 0.6 is 0 Å². The lowest BCUT2D eigenvalue weighted by Crippen LogP contribution is -2.35. The lowest BCUT2D eigenvalue weighted by Gasteiger charge is -2.16. The first-order chi connectivity index (χ1) is 10.8. The lowest BCUT2D eigenvalue weighted by molar-refractivity contribution is -0.121. The molecule has 1 aromatic carbocycles. The first-order valence-electron chi connectivity index (χ1n) is 8.54. The molecule has 0 atom stereocenters. The van der Waals surface area contributed by atoms with Crippen LogP contribution in [-0.2, 0) is 4.79 Å². The third kappa shape index (κ3) is 5.96. The highest BCUT2D eigenvalue weighted by atomic mass is 16.5. The first-order valence-corrected chi connectivity index (χ1v) is 8.54. The zero-order valence-electron chi connectivity index (χ0n) is 13.6. The van der Waals surface area contributed by atoms with E-state index in [0.29, 0.717) is 25.6 Å². The van der Waals surface area contributed by atoms with Crippen LogP contribution in [0, 0.1) is 0 Å². The summed E-state index contributed by atoms with van der Waals surface area (Å²) in [5.41, 5.74) is 1.02. The van der Waals surface area contributed by atoms with E-state index in [1.807, 2.05) is 31.2 Å². The number of hydrogen-bond acceptors (Lipinski definition) is 3. The molecule has 2 rings (SSSR count). The number of carbonyl (C=O) groups excluding carboxylic acids is 1. The molecule has 4 nitrogen and oxygen atoms in total. The largest absolute Gasteiger partial charge is 0.494 e. The van der Waals surface area contributed by atoms with Gasteiger partial charge in [-0.1, -0.05) is 25.7 Å². The Balaban J connectivity index is 1.65. The quantitative estimate of drug-likeness (QED) is 0.755. The SMILES string of the molecule is CCOc1ccc(NCCC(=O)NC2CCCCCC2)cc1. The van der Waals surface area contributed by atoms with Crippen molar-refractivity contribution in [2.24, 2.45) is 0 Å². The van der Waals surface area contributed by atoms with Gasteiger partial charge in [0.2, 0.25) is 5.91 Å². The van der Waals surface area contributed by atoms with E-state index in [9.17, 15) is 4.79 Å². The van der Waals surface area contributed by atoms with Crippen LogP contribution in [0.15, 0.2) is 24.3 Å². The fraction of sp³-hybridized carbons (Fsp3) is 0.611. The molecule has 0 bridgehead atoms. The Labute approximate surface area is 133 Å². The smallest absolute Gasteiger partial charge is 0.221 e. The number of hydrogen-bond donors (Lipinski definition) is 2. The number of amides is 1. The average Bonchev–Trinajstić information content (AvgIpc) is 2.78. The van der Waals surface area contributed by atoms with Crippen molar-refractivity contribution >= 4 is 11.6 Å². The summed E-state index contributed by atoms with van der Waals surface area (Å²) in [7, 11) is 0. The molecule has 1 aromatic rings. The minimum atomic E-state index is 0.158. The monoisotopic (exact) mass is 304 g/mol. The second-order valence-corrected chi connectivity index (χ2v) is 5.89. The lowest BCUT2D eigenvalue weighted by atomic mass is 10.1. The molecule has 0 aromatic heterocycles. The summed E-state index contributed by atoms with van der Waals surface area (Å²) in [6.07, 6.45) is 7.90. The van der Waals surface area contributed by atoms with E-state index in [4.69, 9.17) is 4.74 Å². The van der Waals surface area contributed by atoms with Gasteiger partial charge in [0.05, 0.1) is 6.61 Å². The Hall–Kier alpha value is -1.71. The topological polar surface area (TPSA) is 50.4 Å². The van der Waals surface area contributed by atoms with E-state index >= 15 is 0 Å². The maximum atomic E-state index is 12.0. The van der Waals surface area contributed by atoms with Gasteiger partial charge in [-0.15, -0.1) is 0 Å². The molecule has 1 aliphatic rings. The molecule has 122 valence electrons. The second kappa shape index (κ2) is 9.34. The standard InChI is InChI=1S/C18H28N2O2/c1-2-22-17-11-9-15(10-12-17)19-14-13-18(21)20-16-7-5-3-4-6-8-16/h9-12,16,19H,2-8,13-14H2,1H3,(H,20,21). The van der Waals surface area contributed by atoms with Gasteiger partial charge in [0, 0.05) is 24.7 Å². The molecule has 1 fully saturated rings. The number of nitrogens with one attached hydrogen (secondary N) is 2. The minimum absolute atomic E-state index is 0.158. The number of carbonyl (C=O) groups is 1. The Morgan fingerprint density at radius 3 is 2.45 bits per heavy atom. The van der Waals surface area contributed by atoms with Crippen molar-refractivity contribution in [3.8, 4) is 5.75 Å². The van der Waals surface area contributed by atoms with Gasteiger partial charge < -0.3 is 15.4 Å². The van der Waals surface area contributed by atoms with Crippen LogP contribution in [0.2, 0.25) is 0 Å². The van der Waals surface area contributed by atoms with Crippen LogP contribution in [-0.4, -0.2) is 25.1 Å². The van der Waals surface area contributed by atoms with E-state index in [-0.39, 0.29) is 5.91 Å². The third-order valence-corrected chi connectivity index (χ3v) is 4.07. The van der Waals surface area contributed by atoms with E-state index in [0.717, 1.165) is 24.3 Å². The highest BCUT2D eigenvalue weighted by Gasteiger charge is 2.14. The molecule has 4 heteroatoms. The van der Waals surface area contributed by atoms with E-state index < -0.39 is 0 Å². The Bertz CT molecular complexity index is 437. The molecule has 22 heavy (non-hydrogen) atoms. The molecule has 0 aliphatic heterocycles. The number of anilines is 1. The van der Waals surface area contributed by atoms with E-state index in [1.54, 1.807) is 0 Å². The first kappa shape index (κ1) is 16.7. The van der Waals surface area contributed by atoms with Gasteiger partial charge in [0.1, 0.15) is 5.75 Å². The molecule has 0 heterocycles. The van der Waals surface area contributed by atoms with Crippen LogP contribution in [0.3, 0.4) is 0 Å². The normalized spacial score (nSPS) is 15.9. The Kier molecular flexibility index (Phi) is 7.07. The molecular formula is C18H28N2O2. The summed E-state index contributed by atoms with van der Waals surface area (Å²) in [5, 5.41) is 6.45. The predicted octanol–water partition coefficient (Wildman–Crippen LogP) is 3.73. The summed E-state index contributed by atoms with van der Waals surface area (Å²) in [5.74, 6) is 1.03. The number of rotatable bonds is 7. The van der Waals surface area contributed by atoms with Gasteiger partial charge in [0.25, 0.3) is 0 Å². The molecule has 0 spiro atoms. The van der Waals surface area contributed by atoms with Gasteiger partial charge >= 0.3 is 0 Å². The fourth-order valence-electron chi connectivity index (χ4n) is 2.88. The van der Waals surface area contributed by atoms with Gasteiger partial charge in [-0.2, -0.15) is 0 Å². The Morgan fingerprint density at radius 2 is 1.82 bits per heavy atom. The molecule has 1 amide bonds. The van der Waals surface area contributed by atoms with Crippen LogP contribution in [0.25, 0.3) is 0 Å². The van der Waals surface area contributed by atoms with Crippen molar-refractivity contribution in [1.29, 1.82) is 0 Å². The zero-order chi connectivity index (χ0) is 15.6. The van der Waals surface area contributed by atoms with Crippen LogP contribution in [0.1, 0.15) is 51.9 Å². The van der Waals surface area contributed by atoms with Crippen molar-refractivity contribution in [3.63, 3.8) is 0 Å². The van der Waals surface area contributed by atoms with E-state index in [2.05, 4.69) is 10.6 Å². The van der Waals surface area contributed by atoms with Crippen molar-refractivity contribution in [3.05, 3.63) is 24.3 Å². The van der Waals surface area contributed by atoms with Crippen molar-refractivity contribution in [1.82, 2.24) is 5.32 Å². The molecule has 1 aliphatic carbocycles. The maximum absolute atomic E-state index is 12.0. The molecular weight excluding hydrogens is 276 g/mol. The highest BCUT2D eigenvalue weighted by molar-refractivity contribution is 5.76. The summed E-state index contributed by atoms with van der Waals surface area (Å²) in [6.45, 7) is 3.31. The molecule has 0 radical (unpaired) electrons. The molecule has 1 saturated carbocycles. The average molecular weight is 304 g/mol. The number of benzene rings is 1. The van der Waals surface area contributed by atoms with Gasteiger partial charge in [-0.25, -0.2) is 0 Å².